The second-order valence-electron chi connectivity index (χ2n) is 5.09. The lowest BCUT2D eigenvalue weighted by atomic mass is 10.2. The Hall–Kier alpha value is -2.59. The van der Waals surface area contributed by atoms with Gasteiger partial charge >= 0.3 is 6.61 Å². The fraction of sp³-hybridized carbons (Fsp3) is 0.125. The van der Waals surface area contributed by atoms with E-state index < -0.39 is 18.3 Å². The van der Waals surface area contributed by atoms with Crippen LogP contribution in [0.15, 0.2) is 40.2 Å². The van der Waals surface area contributed by atoms with Crippen LogP contribution in [-0.4, -0.2) is 23.7 Å². The number of halogens is 4. The number of aromatic nitrogens is 2. The number of nitrogens with zero attached hydrogens (tertiary/aromatic N) is 1. The molecule has 0 atom stereocenters. The van der Waals surface area contributed by atoms with Crippen molar-refractivity contribution in [3.8, 4) is 11.8 Å². The summed E-state index contributed by atoms with van der Waals surface area (Å²) in [5.74, 6) is -2.10. The number of hydrogen-bond acceptors (Lipinski definition) is 6. The molecular formula is C16H11ClF3N3O3S. The average Bonchev–Trinajstić information content (AvgIpc) is 2.63. The van der Waals surface area contributed by atoms with Crippen LogP contribution in [0.3, 0.4) is 0 Å². The summed E-state index contributed by atoms with van der Waals surface area (Å²) < 4.78 is 50.3. The van der Waals surface area contributed by atoms with Gasteiger partial charge in [0.15, 0.2) is 5.82 Å². The third kappa shape index (κ3) is 4.22. The van der Waals surface area contributed by atoms with Gasteiger partial charge in [0.1, 0.15) is 5.69 Å². The molecule has 11 heteroatoms. The predicted octanol–water partition coefficient (Wildman–Crippen LogP) is 4.44. The van der Waals surface area contributed by atoms with Gasteiger partial charge in [-0.05, 0) is 24.1 Å². The number of H-pyrrole nitrogens is 1. The molecule has 2 aromatic heterocycles. The van der Waals surface area contributed by atoms with Gasteiger partial charge in [0.2, 0.25) is 5.88 Å². The number of pyridine rings is 2. The number of rotatable bonds is 6. The highest BCUT2D eigenvalue weighted by atomic mass is 35.5. The summed E-state index contributed by atoms with van der Waals surface area (Å²) in [5.41, 5.74) is -0.217. The quantitative estimate of drug-likeness (QED) is 0.577. The number of alkyl halides is 2. The summed E-state index contributed by atoms with van der Waals surface area (Å²) in [6, 6.07) is 5.75. The van der Waals surface area contributed by atoms with Crippen LogP contribution in [0.4, 0.5) is 18.9 Å². The number of methoxy groups -OCH3 is 1. The second kappa shape index (κ2) is 7.97. The third-order valence-electron chi connectivity index (χ3n) is 3.40. The van der Waals surface area contributed by atoms with Crippen LogP contribution in [0.2, 0.25) is 5.02 Å². The van der Waals surface area contributed by atoms with Crippen LogP contribution in [0, 0.1) is 5.82 Å². The first-order valence-corrected chi connectivity index (χ1v) is 8.51. The third-order valence-corrected chi connectivity index (χ3v) is 4.51. The van der Waals surface area contributed by atoms with E-state index in [0.717, 1.165) is 18.0 Å². The zero-order valence-corrected chi connectivity index (χ0v) is 15.1. The molecule has 0 spiro atoms. The standard InChI is InChI=1S/C16H11ClF3N3O3S/c1-25-15-11(5-10(18)14(22-15)26-16(19)20)23-27-12-6-21-13(24)9-4-7(17)2-3-8(9)12/h2-6,16,23H,1H3,(H,21,24). The SMILES string of the molecule is COc1nc(OC(F)F)c(F)cc1NSc1c[nH]c(=O)c2cc(Cl)ccc12. The molecule has 3 aromatic rings. The molecule has 0 unspecified atom stereocenters. The summed E-state index contributed by atoms with van der Waals surface area (Å²) >= 11 is 6.95. The molecule has 0 saturated heterocycles. The minimum atomic E-state index is -3.22. The number of hydrogen-bond donors (Lipinski definition) is 2. The Kier molecular flexibility index (Phi) is 5.66. The van der Waals surface area contributed by atoms with Crippen molar-refractivity contribution >= 4 is 40.0 Å². The maximum absolute atomic E-state index is 13.9. The van der Waals surface area contributed by atoms with Gasteiger partial charge in [0.05, 0.1) is 12.0 Å². The number of anilines is 1. The summed E-state index contributed by atoms with van der Waals surface area (Å²) in [4.78, 5) is 18.7. The van der Waals surface area contributed by atoms with Crippen LogP contribution in [0.5, 0.6) is 11.8 Å². The molecule has 6 nitrogen and oxygen atoms in total. The van der Waals surface area contributed by atoms with Crippen molar-refractivity contribution in [1.82, 2.24) is 9.97 Å². The first-order chi connectivity index (χ1) is 12.9. The molecule has 27 heavy (non-hydrogen) atoms. The van der Waals surface area contributed by atoms with Crippen LogP contribution in [0.1, 0.15) is 0 Å². The minimum absolute atomic E-state index is 0.0925. The number of nitrogens with one attached hydrogen (secondary N) is 2. The van der Waals surface area contributed by atoms with E-state index in [9.17, 15) is 18.0 Å². The molecule has 0 aliphatic carbocycles. The van der Waals surface area contributed by atoms with Crippen LogP contribution >= 0.6 is 23.5 Å². The Morgan fingerprint density at radius 1 is 1.26 bits per heavy atom. The Morgan fingerprint density at radius 3 is 2.74 bits per heavy atom. The number of fused-ring (bicyclic) bond motifs is 1. The molecule has 0 fully saturated rings. The fourth-order valence-corrected chi connectivity index (χ4v) is 3.20. The molecule has 0 aliphatic heterocycles. The zero-order valence-electron chi connectivity index (χ0n) is 13.6. The van der Waals surface area contributed by atoms with Gasteiger partial charge in [0, 0.05) is 28.1 Å². The molecule has 3 rings (SSSR count). The van der Waals surface area contributed by atoms with Gasteiger partial charge in [0.25, 0.3) is 11.4 Å². The Morgan fingerprint density at radius 2 is 2.04 bits per heavy atom. The van der Waals surface area contributed by atoms with Gasteiger partial charge in [-0.2, -0.15) is 13.8 Å². The zero-order chi connectivity index (χ0) is 19.6. The number of aromatic amines is 1. The van der Waals surface area contributed by atoms with Gasteiger partial charge in [-0.25, -0.2) is 4.39 Å². The van der Waals surface area contributed by atoms with E-state index >= 15 is 0 Å². The molecule has 0 saturated carbocycles. The van der Waals surface area contributed by atoms with Gasteiger partial charge in [-0.1, -0.05) is 17.7 Å². The summed E-state index contributed by atoms with van der Waals surface area (Å²) in [5, 5.41) is 1.41. The van der Waals surface area contributed by atoms with Crippen molar-refractivity contribution in [2.24, 2.45) is 0 Å². The topological polar surface area (TPSA) is 76.2 Å². The van der Waals surface area contributed by atoms with Crippen LogP contribution < -0.4 is 19.8 Å². The molecule has 0 bridgehead atoms. The normalized spacial score (nSPS) is 11.0. The molecule has 0 amide bonds. The van der Waals surface area contributed by atoms with Gasteiger partial charge in [-0.3, -0.25) is 4.79 Å². The lowest BCUT2D eigenvalue weighted by molar-refractivity contribution is -0.0555. The highest BCUT2D eigenvalue weighted by molar-refractivity contribution is 8.00. The lowest BCUT2D eigenvalue weighted by Gasteiger charge is -2.13. The predicted molar refractivity (Wildman–Crippen MR) is 96.4 cm³/mol. The summed E-state index contributed by atoms with van der Waals surface area (Å²) in [7, 11) is 1.25. The number of benzene rings is 1. The Bertz CT molecular complexity index is 1050. The highest BCUT2D eigenvalue weighted by Gasteiger charge is 2.17. The Labute approximate surface area is 159 Å². The van der Waals surface area contributed by atoms with Gasteiger partial charge in [-0.15, -0.1) is 0 Å². The summed E-state index contributed by atoms with van der Waals surface area (Å²) in [6.45, 7) is -3.22. The fourth-order valence-electron chi connectivity index (χ4n) is 2.25. The van der Waals surface area contributed by atoms with Crippen molar-refractivity contribution in [1.29, 1.82) is 0 Å². The summed E-state index contributed by atoms with van der Waals surface area (Å²) in [6.07, 6.45) is 1.47. The highest BCUT2D eigenvalue weighted by Crippen LogP contribution is 2.34. The minimum Gasteiger partial charge on any atom is -0.479 e. The van der Waals surface area contributed by atoms with E-state index in [1.807, 2.05) is 0 Å². The van der Waals surface area contributed by atoms with Crippen molar-refractivity contribution in [2.75, 3.05) is 11.8 Å². The first-order valence-electron chi connectivity index (χ1n) is 7.32. The van der Waals surface area contributed by atoms with Crippen LogP contribution in [-0.2, 0) is 0 Å². The van der Waals surface area contributed by atoms with Crippen LogP contribution in [0.25, 0.3) is 10.8 Å². The smallest absolute Gasteiger partial charge is 0.388 e. The molecule has 2 N–H and O–H groups in total. The number of ether oxygens (including phenoxy) is 2. The maximum atomic E-state index is 13.9. The van der Waals surface area contributed by atoms with Gasteiger partial charge < -0.3 is 19.2 Å². The second-order valence-corrected chi connectivity index (χ2v) is 6.37. The molecule has 1 aromatic carbocycles. The molecule has 142 valence electrons. The van der Waals surface area contributed by atoms with Crippen molar-refractivity contribution in [2.45, 2.75) is 11.5 Å². The van der Waals surface area contributed by atoms with E-state index in [0.29, 0.717) is 20.7 Å². The largest absolute Gasteiger partial charge is 0.479 e. The molecule has 0 radical (unpaired) electrons. The van der Waals surface area contributed by atoms with E-state index in [-0.39, 0.29) is 17.1 Å². The Balaban J connectivity index is 1.91. The first kappa shape index (κ1) is 19.2. The van der Waals surface area contributed by atoms with E-state index in [1.54, 1.807) is 12.1 Å². The molecule has 0 aliphatic rings. The lowest BCUT2D eigenvalue weighted by Crippen LogP contribution is -2.08. The molecule has 2 heterocycles. The van der Waals surface area contributed by atoms with E-state index in [4.69, 9.17) is 16.3 Å². The van der Waals surface area contributed by atoms with Crippen molar-refractivity contribution in [3.05, 3.63) is 51.7 Å². The van der Waals surface area contributed by atoms with E-state index in [2.05, 4.69) is 19.4 Å². The maximum Gasteiger partial charge on any atom is 0.388 e. The average molecular weight is 418 g/mol. The monoisotopic (exact) mass is 417 g/mol. The van der Waals surface area contributed by atoms with E-state index in [1.165, 1.54) is 19.4 Å². The van der Waals surface area contributed by atoms with Crippen molar-refractivity contribution < 1.29 is 22.6 Å². The van der Waals surface area contributed by atoms with Crippen molar-refractivity contribution in [3.63, 3.8) is 0 Å². The molecular weight excluding hydrogens is 407 g/mol.